The molecular weight excluding hydrogens is 889 g/mol. The summed E-state index contributed by atoms with van der Waals surface area (Å²) in [6, 6.07) is 0. The van der Waals surface area contributed by atoms with Crippen LogP contribution < -0.4 is 0 Å². The number of carbonyl (C=O) groups excluding carboxylic acids is 1. The largest absolute Gasteiger partial charge is 0.457 e. The zero-order valence-electron chi connectivity index (χ0n) is 46.8. The fourth-order valence-electron chi connectivity index (χ4n) is 9.82. The van der Waals surface area contributed by atoms with Crippen LogP contribution in [0, 0.1) is 0 Å². The van der Waals surface area contributed by atoms with Crippen molar-refractivity contribution in [3.8, 4) is 0 Å². The Morgan fingerprint density at radius 3 is 1.21 bits per heavy atom. The first-order valence-electron chi connectivity index (χ1n) is 30.9. The number of allylic oxidation sites excluding steroid dienone is 4. The summed E-state index contributed by atoms with van der Waals surface area (Å²) in [6.07, 6.45) is 59.5. The van der Waals surface area contributed by atoms with Gasteiger partial charge in [-0.15, -0.1) is 0 Å². The number of ether oxygens (including phenoxy) is 4. The van der Waals surface area contributed by atoms with Crippen LogP contribution in [0.15, 0.2) is 24.3 Å². The van der Waals surface area contributed by atoms with Crippen LogP contribution in [0.1, 0.15) is 303 Å². The Morgan fingerprint density at radius 1 is 0.451 bits per heavy atom. The van der Waals surface area contributed by atoms with Crippen molar-refractivity contribution in [1.82, 2.24) is 0 Å². The van der Waals surface area contributed by atoms with Gasteiger partial charge in [-0.2, -0.15) is 0 Å². The Labute approximate surface area is 438 Å². The van der Waals surface area contributed by atoms with Crippen LogP contribution in [0.2, 0.25) is 0 Å². The first-order chi connectivity index (χ1) is 34.9. The SMILES string of the molecule is CCCCCCC/C=C\C/C=C\CCCCCCCCCCCCCCOCC(COC1OC(CO)C(O)C(O)C1O)OC(=O)CCCCCCCCCCCCCCCCCCCCCCCCCC. The van der Waals surface area contributed by atoms with E-state index in [1.807, 2.05) is 0 Å². The fraction of sp³-hybridized carbons (Fsp3) is 0.919. The molecule has 1 rings (SSSR count). The van der Waals surface area contributed by atoms with Gasteiger partial charge in [0.25, 0.3) is 0 Å². The second-order valence-electron chi connectivity index (χ2n) is 21.5. The number of unbranched alkanes of at least 4 members (excludes halogenated alkanes) is 40. The van der Waals surface area contributed by atoms with Gasteiger partial charge in [-0.25, -0.2) is 0 Å². The highest BCUT2D eigenvalue weighted by Crippen LogP contribution is 2.23. The van der Waals surface area contributed by atoms with E-state index in [4.69, 9.17) is 18.9 Å². The van der Waals surface area contributed by atoms with Crippen molar-refractivity contribution in [3.05, 3.63) is 24.3 Å². The highest BCUT2D eigenvalue weighted by Gasteiger charge is 2.44. The summed E-state index contributed by atoms with van der Waals surface area (Å²) in [7, 11) is 0. The molecule has 6 unspecified atom stereocenters. The van der Waals surface area contributed by atoms with E-state index >= 15 is 0 Å². The lowest BCUT2D eigenvalue weighted by Crippen LogP contribution is -2.59. The Bertz CT molecular complexity index is 1150. The van der Waals surface area contributed by atoms with Gasteiger partial charge in [0, 0.05) is 13.0 Å². The van der Waals surface area contributed by atoms with Crippen LogP contribution in [0.4, 0.5) is 0 Å². The maximum Gasteiger partial charge on any atom is 0.306 e. The molecule has 6 atom stereocenters. The van der Waals surface area contributed by atoms with Crippen LogP contribution >= 0.6 is 0 Å². The molecule has 1 aliphatic heterocycles. The highest BCUT2D eigenvalue weighted by atomic mass is 16.7. The predicted octanol–water partition coefficient (Wildman–Crippen LogP) is 16.4. The minimum absolute atomic E-state index is 0.108. The molecule has 1 fully saturated rings. The van der Waals surface area contributed by atoms with Crippen LogP contribution in [0.3, 0.4) is 0 Å². The molecule has 0 amide bonds. The summed E-state index contributed by atoms with van der Waals surface area (Å²) in [6.45, 7) is 4.62. The number of carbonyl (C=O) groups is 1. The summed E-state index contributed by atoms with van der Waals surface area (Å²) >= 11 is 0. The molecule has 0 aromatic rings. The lowest BCUT2D eigenvalue weighted by Gasteiger charge is -2.39. The Morgan fingerprint density at radius 2 is 0.817 bits per heavy atom. The molecule has 1 heterocycles. The van der Waals surface area contributed by atoms with E-state index in [2.05, 4.69) is 38.2 Å². The molecule has 420 valence electrons. The lowest BCUT2D eigenvalue weighted by atomic mass is 9.99. The van der Waals surface area contributed by atoms with E-state index in [1.165, 1.54) is 244 Å². The van der Waals surface area contributed by atoms with Crippen LogP contribution in [0.25, 0.3) is 0 Å². The van der Waals surface area contributed by atoms with Crippen molar-refractivity contribution in [1.29, 1.82) is 0 Å². The van der Waals surface area contributed by atoms with Crippen LogP contribution in [-0.2, 0) is 23.7 Å². The molecule has 0 aliphatic carbocycles. The number of esters is 1. The second kappa shape index (κ2) is 53.5. The van der Waals surface area contributed by atoms with Gasteiger partial charge in [0.1, 0.15) is 30.5 Å². The highest BCUT2D eigenvalue weighted by molar-refractivity contribution is 5.69. The first-order valence-corrected chi connectivity index (χ1v) is 30.9. The average molecular weight is 1010 g/mol. The molecule has 0 spiro atoms. The monoisotopic (exact) mass is 1010 g/mol. The number of aliphatic hydroxyl groups is 4. The Kier molecular flexibility index (Phi) is 51.0. The molecule has 1 saturated heterocycles. The van der Waals surface area contributed by atoms with Gasteiger partial charge in [-0.3, -0.25) is 4.79 Å². The number of rotatable bonds is 55. The molecule has 71 heavy (non-hydrogen) atoms. The molecule has 9 nitrogen and oxygen atoms in total. The summed E-state index contributed by atoms with van der Waals surface area (Å²) in [5.74, 6) is -0.305. The summed E-state index contributed by atoms with van der Waals surface area (Å²) in [5.41, 5.74) is 0. The maximum absolute atomic E-state index is 12.9. The number of hydrogen-bond donors (Lipinski definition) is 4. The number of aliphatic hydroxyl groups excluding tert-OH is 4. The molecule has 0 bridgehead atoms. The molecule has 9 heteroatoms. The minimum atomic E-state index is -1.54. The smallest absolute Gasteiger partial charge is 0.306 e. The average Bonchev–Trinajstić information content (AvgIpc) is 3.37. The second-order valence-corrected chi connectivity index (χ2v) is 21.5. The lowest BCUT2D eigenvalue weighted by molar-refractivity contribution is -0.305. The fourth-order valence-corrected chi connectivity index (χ4v) is 9.82. The molecule has 0 aromatic carbocycles. The minimum Gasteiger partial charge on any atom is -0.457 e. The van der Waals surface area contributed by atoms with Gasteiger partial charge in [0.15, 0.2) is 6.29 Å². The van der Waals surface area contributed by atoms with Gasteiger partial charge in [0.2, 0.25) is 0 Å². The van der Waals surface area contributed by atoms with Crippen LogP contribution in [0.5, 0.6) is 0 Å². The molecule has 0 saturated carbocycles. The van der Waals surface area contributed by atoms with Gasteiger partial charge in [-0.05, 0) is 44.9 Å². The van der Waals surface area contributed by atoms with Gasteiger partial charge in [-0.1, -0.05) is 276 Å². The number of hydrogen-bond acceptors (Lipinski definition) is 9. The van der Waals surface area contributed by atoms with Crippen molar-refractivity contribution in [2.45, 2.75) is 340 Å². The van der Waals surface area contributed by atoms with Crippen molar-refractivity contribution < 1.29 is 44.2 Å². The van der Waals surface area contributed by atoms with E-state index in [-0.39, 0.29) is 19.2 Å². The van der Waals surface area contributed by atoms with Gasteiger partial charge >= 0.3 is 5.97 Å². The summed E-state index contributed by atoms with van der Waals surface area (Å²) < 4.78 is 23.0. The third-order valence-corrected chi connectivity index (χ3v) is 14.6. The van der Waals surface area contributed by atoms with Crippen molar-refractivity contribution >= 4 is 5.97 Å². The topological polar surface area (TPSA) is 135 Å². The van der Waals surface area contributed by atoms with E-state index in [0.717, 1.165) is 38.5 Å². The van der Waals surface area contributed by atoms with Crippen LogP contribution in [-0.4, -0.2) is 89.6 Å². The maximum atomic E-state index is 12.9. The molecule has 1 aliphatic rings. The molecular formula is C62H118O9. The summed E-state index contributed by atoms with van der Waals surface area (Å²) in [5, 5.41) is 40.4. The third kappa shape index (κ3) is 43.6. The van der Waals surface area contributed by atoms with Gasteiger partial charge < -0.3 is 39.4 Å². The van der Waals surface area contributed by atoms with Crippen molar-refractivity contribution in [2.24, 2.45) is 0 Å². The molecule has 0 radical (unpaired) electrons. The zero-order valence-corrected chi connectivity index (χ0v) is 46.8. The van der Waals surface area contributed by atoms with Gasteiger partial charge in [0.05, 0.1) is 19.8 Å². The van der Waals surface area contributed by atoms with E-state index in [0.29, 0.717) is 13.0 Å². The third-order valence-electron chi connectivity index (χ3n) is 14.6. The molecule has 0 aromatic heterocycles. The predicted molar refractivity (Wildman–Crippen MR) is 298 cm³/mol. The van der Waals surface area contributed by atoms with E-state index in [9.17, 15) is 25.2 Å². The van der Waals surface area contributed by atoms with Crippen molar-refractivity contribution in [3.63, 3.8) is 0 Å². The standard InChI is InChI=1S/C62H118O9/c1-3-5-7-9-11-13-15-17-19-21-23-25-27-29-31-33-35-37-39-41-43-45-47-49-51-58(64)70-56(55-69-62-61(67)60(66)59(65)57(53-63)71-62)54-68-52-50-48-46-44-42-40-38-36-34-32-30-28-26-24-22-20-18-16-14-12-10-8-6-4-2/h16,18,22,24,56-57,59-63,65-67H,3-15,17,19-21,23,25-55H2,1-2H3/b18-16-,24-22-. The zero-order chi connectivity index (χ0) is 51.3. The molecule has 4 N–H and O–H groups in total. The quantitative estimate of drug-likeness (QED) is 0.0267. The first kappa shape index (κ1) is 67.7. The Hall–Kier alpha value is -1.33. The summed E-state index contributed by atoms with van der Waals surface area (Å²) in [4.78, 5) is 12.9. The Balaban J connectivity index is 2.11. The van der Waals surface area contributed by atoms with Crippen molar-refractivity contribution in [2.75, 3.05) is 26.4 Å². The van der Waals surface area contributed by atoms with E-state index < -0.39 is 43.4 Å². The van der Waals surface area contributed by atoms with E-state index in [1.54, 1.807) is 0 Å². The normalized spacial score (nSPS) is 18.9.